The van der Waals surface area contributed by atoms with E-state index in [-0.39, 0.29) is 0 Å². The minimum Gasteiger partial charge on any atom is -0.486 e. The van der Waals surface area contributed by atoms with E-state index in [1.807, 2.05) is 48.5 Å². The third-order valence-electron chi connectivity index (χ3n) is 5.10. The minimum absolute atomic E-state index is 0.558. The number of ether oxygens (including phenoxy) is 2. The van der Waals surface area contributed by atoms with Crippen molar-refractivity contribution in [3.8, 4) is 38.2 Å². The third-order valence-corrected chi connectivity index (χ3v) is 6.58. The summed E-state index contributed by atoms with van der Waals surface area (Å²) in [5, 5.41) is 15.8. The number of halogens is 1. The van der Waals surface area contributed by atoms with Gasteiger partial charge >= 0.3 is 0 Å². The standard InChI is InChI=1S/C24H21ClN2O3S/c1-24(2,28)23-14-18(27(26-23)17-6-4-3-5-16(17)25)22-10-9-21(31-22)15-7-8-19-20(13-15)30-12-11-29-19/h3-10,13-14,28H,11-12H2,1-2H3. The Labute approximate surface area is 189 Å². The Morgan fingerprint density at radius 1 is 0.968 bits per heavy atom. The van der Waals surface area contributed by atoms with Gasteiger partial charge in [0.05, 0.1) is 27.0 Å². The van der Waals surface area contributed by atoms with Crippen molar-refractivity contribution >= 4 is 22.9 Å². The molecule has 4 aromatic rings. The first-order valence-electron chi connectivity index (χ1n) is 9.98. The van der Waals surface area contributed by atoms with Crippen LogP contribution < -0.4 is 9.47 Å². The lowest BCUT2D eigenvalue weighted by Crippen LogP contribution is -2.16. The summed E-state index contributed by atoms with van der Waals surface area (Å²) >= 11 is 8.11. The Hall–Kier alpha value is -2.80. The van der Waals surface area contributed by atoms with Gasteiger partial charge in [-0.3, -0.25) is 0 Å². The predicted molar refractivity (Wildman–Crippen MR) is 124 cm³/mol. The van der Waals surface area contributed by atoms with Gasteiger partial charge in [-0.05, 0) is 67.9 Å². The number of aromatic nitrogens is 2. The van der Waals surface area contributed by atoms with Crippen molar-refractivity contribution in [2.45, 2.75) is 19.4 Å². The monoisotopic (exact) mass is 452 g/mol. The number of benzene rings is 2. The molecular formula is C24H21ClN2O3S. The van der Waals surface area contributed by atoms with E-state index in [1.165, 1.54) is 0 Å². The van der Waals surface area contributed by atoms with Crippen molar-refractivity contribution in [3.05, 3.63) is 71.4 Å². The maximum absolute atomic E-state index is 10.6. The lowest BCUT2D eigenvalue weighted by atomic mass is 10.1. The van der Waals surface area contributed by atoms with Crippen LogP contribution in [0.4, 0.5) is 0 Å². The van der Waals surface area contributed by atoms with Crippen LogP contribution in [-0.4, -0.2) is 28.1 Å². The molecule has 0 atom stereocenters. The summed E-state index contributed by atoms with van der Waals surface area (Å²) in [5.41, 5.74) is 2.21. The Bertz CT molecular complexity index is 1260. The van der Waals surface area contributed by atoms with Gasteiger partial charge in [0.15, 0.2) is 11.5 Å². The van der Waals surface area contributed by atoms with Gasteiger partial charge in [0, 0.05) is 4.88 Å². The minimum atomic E-state index is -1.07. The largest absolute Gasteiger partial charge is 0.486 e. The number of para-hydroxylation sites is 1. The molecule has 0 saturated heterocycles. The number of fused-ring (bicyclic) bond motifs is 1. The molecule has 1 aliphatic heterocycles. The van der Waals surface area contributed by atoms with Crippen LogP contribution in [0.2, 0.25) is 5.02 Å². The first-order valence-corrected chi connectivity index (χ1v) is 11.2. The molecule has 0 spiro atoms. The fraction of sp³-hybridized carbons (Fsp3) is 0.208. The molecule has 2 aromatic carbocycles. The molecule has 2 aromatic heterocycles. The molecule has 0 saturated carbocycles. The predicted octanol–water partition coefficient (Wildman–Crippen LogP) is 5.92. The van der Waals surface area contributed by atoms with Crippen molar-refractivity contribution in [1.29, 1.82) is 0 Å². The van der Waals surface area contributed by atoms with Crippen molar-refractivity contribution in [3.63, 3.8) is 0 Å². The molecule has 0 unspecified atom stereocenters. The van der Waals surface area contributed by atoms with Gasteiger partial charge < -0.3 is 14.6 Å². The molecule has 0 bridgehead atoms. The highest BCUT2D eigenvalue weighted by molar-refractivity contribution is 7.18. The molecule has 0 aliphatic carbocycles. The summed E-state index contributed by atoms with van der Waals surface area (Å²) in [4.78, 5) is 2.12. The summed E-state index contributed by atoms with van der Waals surface area (Å²) in [5.74, 6) is 1.54. The number of rotatable bonds is 4. The molecule has 31 heavy (non-hydrogen) atoms. The van der Waals surface area contributed by atoms with E-state index in [1.54, 1.807) is 29.9 Å². The number of aliphatic hydroxyl groups is 1. The molecule has 158 valence electrons. The Morgan fingerprint density at radius 3 is 2.48 bits per heavy atom. The van der Waals surface area contributed by atoms with Crippen LogP contribution in [0, 0.1) is 0 Å². The van der Waals surface area contributed by atoms with E-state index >= 15 is 0 Å². The first-order chi connectivity index (χ1) is 14.9. The fourth-order valence-electron chi connectivity index (χ4n) is 3.49. The molecule has 7 heteroatoms. The topological polar surface area (TPSA) is 56.5 Å². The second-order valence-electron chi connectivity index (χ2n) is 7.86. The van der Waals surface area contributed by atoms with Crippen molar-refractivity contribution in [2.75, 3.05) is 13.2 Å². The fourth-order valence-corrected chi connectivity index (χ4v) is 4.71. The SMILES string of the molecule is CC(C)(O)c1cc(-c2ccc(-c3ccc4c(c3)OCCO4)s2)n(-c2ccccc2Cl)n1. The van der Waals surface area contributed by atoms with Crippen LogP contribution in [0.15, 0.2) is 60.7 Å². The average Bonchev–Trinajstić information content (AvgIpc) is 3.41. The number of thiophene rings is 1. The number of hydrogen-bond acceptors (Lipinski definition) is 5. The lowest BCUT2D eigenvalue weighted by Gasteiger charge is -2.18. The third kappa shape index (κ3) is 3.83. The van der Waals surface area contributed by atoms with E-state index < -0.39 is 5.60 Å². The van der Waals surface area contributed by atoms with Crippen LogP contribution in [-0.2, 0) is 5.60 Å². The van der Waals surface area contributed by atoms with Crippen LogP contribution in [0.3, 0.4) is 0 Å². The van der Waals surface area contributed by atoms with Crippen LogP contribution in [0.1, 0.15) is 19.5 Å². The van der Waals surface area contributed by atoms with Gasteiger partial charge in [-0.1, -0.05) is 23.7 Å². The lowest BCUT2D eigenvalue weighted by molar-refractivity contribution is 0.0734. The van der Waals surface area contributed by atoms with Crippen LogP contribution >= 0.6 is 22.9 Å². The summed E-state index contributed by atoms with van der Waals surface area (Å²) in [6.45, 7) is 4.59. The molecule has 5 nitrogen and oxygen atoms in total. The summed E-state index contributed by atoms with van der Waals surface area (Å²) in [7, 11) is 0. The van der Waals surface area contributed by atoms with Gasteiger partial charge in [0.2, 0.25) is 0 Å². The molecular weight excluding hydrogens is 432 g/mol. The zero-order valence-corrected chi connectivity index (χ0v) is 18.7. The Balaban J connectivity index is 1.59. The molecule has 0 amide bonds. The van der Waals surface area contributed by atoms with Gasteiger partial charge in [0.1, 0.15) is 18.8 Å². The first kappa shape index (κ1) is 20.1. The summed E-state index contributed by atoms with van der Waals surface area (Å²) in [6, 6.07) is 19.6. The van der Waals surface area contributed by atoms with Crippen LogP contribution in [0.5, 0.6) is 11.5 Å². The highest BCUT2D eigenvalue weighted by Crippen LogP contribution is 2.40. The van der Waals surface area contributed by atoms with E-state index in [0.717, 1.165) is 38.2 Å². The van der Waals surface area contributed by atoms with Gasteiger partial charge in [-0.2, -0.15) is 5.10 Å². The maximum atomic E-state index is 10.6. The van der Waals surface area contributed by atoms with Gasteiger partial charge in [-0.15, -0.1) is 11.3 Å². The molecule has 5 rings (SSSR count). The molecule has 3 heterocycles. The van der Waals surface area contributed by atoms with Crippen LogP contribution in [0.25, 0.3) is 26.7 Å². The maximum Gasteiger partial charge on any atom is 0.162 e. The Morgan fingerprint density at radius 2 is 1.71 bits per heavy atom. The summed E-state index contributed by atoms with van der Waals surface area (Å²) < 4.78 is 13.2. The Kier molecular flexibility index (Phi) is 5.01. The van der Waals surface area contributed by atoms with E-state index in [0.29, 0.717) is 23.9 Å². The second-order valence-corrected chi connectivity index (χ2v) is 9.35. The summed E-state index contributed by atoms with van der Waals surface area (Å²) in [6.07, 6.45) is 0. The zero-order valence-electron chi connectivity index (χ0n) is 17.1. The average molecular weight is 453 g/mol. The molecule has 1 aliphatic rings. The molecule has 0 fully saturated rings. The highest BCUT2D eigenvalue weighted by Gasteiger charge is 2.24. The van der Waals surface area contributed by atoms with Crippen molar-refractivity contribution < 1.29 is 14.6 Å². The van der Waals surface area contributed by atoms with E-state index in [9.17, 15) is 5.11 Å². The number of nitrogens with zero attached hydrogens (tertiary/aromatic N) is 2. The number of hydrogen-bond donors (Lipinski definition) is 1. The smallest absolute Gasteiger partial charge is 0.162 e. The van der Waals surface area contributed by atoms with E-state index in [4.69, 9.17) is 21.1 Å². The molecule has 1 N–H and O–H groups in total. The second kappa shape index (κ2) is 7.71. The van der Waals surface area contributed by atoms with Gasteiger partial charge in [0.25, 0.3) is 0 Å². The van der Waals surface area contributed by atoms with Crippen molar-refractivity contribution in [1.82, 2.24) is 9.78 Å². The molecule has 0 radical (unpaired) electrons. The quantitative estimate of drug-likeness (QED) is 0.417. The van der Waals surface area contributed by atoms with Gasteiger partial charge in [-0.25, -0.2) is 4.68 Å². The highest BCUT2D eigenvalue weighted by atomic mass is 35.5. The zero-order chi connectivity index (χ0) is 21.6. The normalized spacial score (nSPS) is 13.4. The van der Waals surface area contributed by atoms with E-state index in [2.05, 4.69) is 17.2 Å². The van der Waals surface area contributed by atoms with Crippen molar-refractivity contribution in [2.24, 2.45) is 0 Å².